The second-order valence-corrected chi connectivity index (χ2v) is 7.16. The van der Waals surface area contributed by atoms with Crippen LogP contribution in [-0.4, -0.2) is 36.7 Å². The van der Waals surface area contributed by atoms with E-state index in [-0.39, 0.29) is 5.41 Å². The lowest BCUT2D eigenvalue weighted by Gasteiger charge is -2.26. The number of benzene rings is 2. The molecule has 0 aliphatic heterocycles. The van der Waals surface area contributed by atoms with Crippen LogP contribution in [0.3, 0.4) is 0 Å². The topological polar surface area (TPSA) is 38.7 Å². The molecule has 0 spiro atoms. The van der Waals surface area contributed by atoms with Crippen LogP contribution in [0.5, 0.6) is 11.5 Å². The number of aliphatic hydroxyl groups is 1. The van der Waals surface area contributed by atoms with Crippen LogP contribution < -0.4 is 9.47 Å². The van der Waals surface area contributed by atoms with Gasteiger partial charge >= 0.3 is 0 Å². The van der Waals surface area contributed by atoms with E-state index in [0.29, 0.717) is 18.2 Å². The summed E-state index contributed by atoms with van der Waals surface area (Å²) >= 11 is 5.65. The van der Waals surface area contributed by atoms with Crippen molar-refractivity contribution in [3.63, 3.8) is 0 Å². The monoisotopic (exact) mass is 398 g/mol. The van der Waals surface area contributed by atoms with Crippen LogP contribution in [0.25, 0.3) is 0 Å². The molecule has 0 saturated carbocycles. The van der Waals surface area contributed by atoms with Gasteiger partial charge in [0.25, 0.3) is 6.43 Å². The van der Waals surface area contributed by atoms with Crippen LogP contribution in [0.15, 0.2) is 48.5 Å². The first-order chi connectivity index (χ1) is 12.8. The second-order valence-electron chi connectivity index (χ2n) is 6.78. The predicted molar refractivity (Wildman–Crippen MR) is 103 cm³/mol. The fourth-order valence-corrected chi connectivity index (χ4v) is 2.71. The maximum Gasteiger partial charge on any atom is 0.267 e. The molecule has 0 bridgehead atoms. The van der Waals surface area contributed by atoms with Crippen LogP contribution in [0, 0.1) is 0 Å². The van der Waals surface area contributed by atoms with Gasteiger partial charge in [0.2, 0.25) is 0 Å². The molecule has 2 aromatic carbocycles. The Labute approximate surface area is 163 Å². The van der Waals surface area contributed by atoms with E-state index in [2.05, 4.69) is 13.8 Å². The van der Waals surface area contributed by atoms with Crippen LogP contribution >= 0.6 is 11.6 Å². The lowest BCUT2D eigenvalue weighted by atomic mass is 9.78. The molecule has 0 aliphatic rings. The van der Waals surface area contributed by atoms with Crippen molar-refractivity contribution in [3.05, 3.63) is 59.7 Å². The van der Waals surface area contributed by atoms with E-state index in [0.717, 1.165) is 23.3 Å². The number of hydrogen-bond donors (Lipinski definition) is 1. The van der Waals surface area contributed by atoms with Crippen molar-refractivity contribution in [3.8, 4) is 11.5 Å². The van der Waals surface area contributed by atoms with Crippen LogP contribution in [0.1, 0.15) is 31.4 Å². The summed E-state index contributed by atoms with van der Waals surface area (Å²) in [5.41, 5.74) is 1.92. The maximum atomic E-state index is 12.3. The Morgan fingerprint density at radius 3 is 1.85 bits per heavy atom. The number of rotatable bonds is 10. The highest BCUT2D eigenvalue weighted by atomic mass is 35.5. The Morgan fingerprint density at radius 1 is 0.926 bits per heavy atom. The number of halogens is 3. The normalized spacial score (nSPS) is 12.9. The Hall–Kier alpha value is -1.85. The molecule has 0 fully saturated rings. The van der Waals surface area contributed by atoms with Gasteiger partial charge in [-0.2, -0.15) is 0 Å². The fourth-order valence-electron chi connectivity index (χ4n) is 2.60. The van der Waals surface area contributed by atoms with Crippen molar-refractivity contribution in [1.82, 2.24) is 0 Å². The van der Waals surface area contributed by atoms with E-state index in [4.69, 9.17) is 26.2 Å². The summed E-state index contributed by atoms with van der Waals surface area (Å²) < 4.78 is 35.5. The Bertz CT molecular complexity index is 688. The van der Waals surface area contributed by atoms with Crippen molar-refractivity contribution in [2.75, 3.05) is 19.1 Å². The lowest BCUT2D eigenvalue weighted by Crippen LogP contribution is -2.25. The zero-order chi connectivity index (χ0) is 19.9. The Kier molecular flexibility index (Phi) is 7.87. The summed E-state index contributed by atoms with van der Waals surface area (Å²) in [6, 6.07) is 15.2. The Balaban J connectivity index is 2.03. The summed E-state index contributed by atoms with van der Waals surface area (Å²) in [7, 11) is 0. The third-order valence-corrected chi connectivity index (χ3v) is 4.68. The molecular weight excluding hydrogens is 374 g/mol. The maximum absolute atomic E-state index is 12.3. The summed E-state index contributed by atoms with van der Waals surface area (Å²) in [5, 5.41) is 9.12. The third kappa shape index (κ3) is 6.08. The van der Waals surface area contributed by atoms with E-state index in [1.54, 1.807) is 12.1 Å². The molecule has 1 atom stereocenters. The first-order valence-electron chi connectivity index (χ1n) is 8.83. The summed E-state index contributed by atoms with van der Waals surface area (Å²) in [6.45, 7) is 4.36. The van der Waals surface area contributed by atoms with Crippen LogP contribution in [-0.2, 0) is 5.41 Å². The minimum atomic E-state index is -2.81. The van der Waals surface area contributed by atoms with Gasteiger partial charge < -0.3 is 14.6 Å². The number of alkyl halides is 3. The van der Waals surface area contributed by atoms with E-state index in [1.807, 2.05) is 36.4 Å². The van der Waals surface area contributed by atoms with E-state index >= 15 is 0 Å². The quantitative estimate of drug-likeness (QED) is 0.451. The van der Waals surface area contributed by atoms with Gasteiger partial charge in [0.05, 0.1) is 6.61 Å². The van der Waals surface area contributed by atoms with Gasteiger partial charge in [0.15, 0.2) is 0 Å². The highest BCUT2D eigenvalue weighted by Crippen LogP contribution is 2.33. The smallest absolute Gasteiger partial charge is 0.267 e. The number of ether oxygens (including phenoxy) is 2. The predicted octanol–water partition coefficient (Wildman–Crippen LogP) is 5.03. The summed E-state index contributed by atoms with van der Waals surface area (Å²) in [5.74, 6) is 1.82. The molecule has 0 unspecified atom stereocenters. The first-order valence-corrected chi connectivity index (χ1v) is 9.37. The average molecular weight is 399 g/mol. The second kappa shape index (κ2) is 9.90. The molecule has 0 aliphatic carbocycles. The van der Waals surface area contributed by atoms with Gasteiger partial charge in [-0.25, -0.2) is 8.78 Å². The van der Waals surface area contributed by atoms with Crippen molar-refractivity contribution in [2.24, 2.45) is 0 Å². The molecule has 0 amide bonds. The number of aliphatic hydroxyl groups excluding tert-OH is 1. The minimum absolute atomic E-state index is 0.254. The van der Waals surface area contributed by atoms with Crippen LogP contribution in [0.2, 0.25) is 0 Å². The molecular formula is C21H25ClF2O3. The standard InChI is InChI=1S/C21H25ClF2O3/c1-21(2,15-4-8-17(9-5-15)26-13-3-12-22)16-6-10-18(11-7-16)27-14-19(25)20(23)24/h4-11,19-20,25H,3,12-14H2,1-2H3/t19-/m1/s1. The summed E-state index contributed by atoms with van der Waals surface area (Å²) in [4.78, 5) is 0. The molecule has 148 valence electrons. The zero-order valence-corrected chi connectivity index (χ0v) is 16.3. The SMILES string of the molecule is CC(C)(c1ccc(OCCCCl)cc1)c1ccc(OC[C@@H](O)C(F)F)cc1. The zero-order valence-electron chi connectivity index (χ0n) is 15.5. The molecule has 0 radical (unpaired) electrons. The molecule has 2 rings (SSSR count). The summed E-state index contributed by atoms with van der Waals surface area (Å²) in [6.07, 6.45) is -3.80. The Morgan fingerprint density at radius 2 is 1.41 bits per heavy atom. The molecule has 0 heterocycles. The molecule has 1 N–H and O–H groups in total. The van der Waals surface area contributed by atoms with Gasteiger partial charge in [0.1, 0.15) is 24.2 Å². The van der Waals surface area contributed by atoms with Crippen molar-refractivity contribution in [1.29, 1.82) is 0 Å². The van der Waals surface area contributed by atoms with Gasteiger partial charge in [-0.15, -0.1) is 11.6 Å². The van der Waals surface area contributed by atoms with E-state index < -0.39 is 19.1 Å². The van der Waals surface area contributed by atoms with Crippen LogP contribution in [0.4, 0.5) is 8.78 Å². The van der Waals surface area contributed by atoms with Gasteiger partial charge in [0, 0.05) is 11.3 Å². The fraction of sp³-hybridized carbons (Fsp3) is 0.429. The molecule has 0 aromatic heterocycles. The average Bonchev–Trinajstić information content (AvgIpc) is 2.67. The van der Waals surface area contributed by atoms with E-state index in [9.17, 15) is 8.78 Å². The van der Waals surface area contributed by atoms with Gasteiger partial charge in [-0.05, 0) is 41.8 Å². The molecule has 0 saturated heterocycles. The molecule has 2 aromatic rings. The third-order valence-electron chi connectivity index (χ3n) is 4.41. The van der Waals surface area contributed by atoms with Crippen molar-refractivity contribution < 1.29 is 23.4 Å². The highest BCUT2D eigenvalue weighted by Gasteiger charge is 2.23. The van der Waals surface area contributed by atoms with Gasteiger partial charge in [-0.1, -0.05) is 38.1 Å². The molecule has 27 heavy (non-hydrogen) atoms. The molecule has 6 heteroatoms. The number of hydrogen-bond acceptors (Lipinski definition) is 3. The molecule has 3 nitrogen and oxygen atoms in total. The van der Waals surface area contributed by atoms with Crippen molar-refractivity contribution in [2.45, 2.75) is 38.2 Å². The van der Waals surface area contributed by atoms with Gasteiger partial charge in [-0.3, -0.25) is 0 Å². The minimum Gasteiger partial charge on any atom is -0.494 e. The largest absolute Gasteiger partial charge is 0.494 e. The lowest BCUT2D eigenvalue weighted by molar-refractivity contribution is -0.0283. The first kappa shape index (κ1) is 21.5. The van der Waals surface area contributed by atoms with E-state index in [1.165, 1.54) is 0 Å². The highest BCUT2D eigenvalue weighted by molar-refractivity contribution is 6.17. The van der Waals surface area contributed by atoms with Crippen molar-refractivity contribution >= 4 is 11.6 Å².